The molecule has 3 aromatic rings. The van der Waals surface area contributed by atoms with Crippen molar-refractivity contribution in [1.82, 2.24) is 0 Å². The van der Waals surface area contributed by atoms with Crippen LogP contribution >= 0.6 is 0 Å². The zero-order chi connectivity index (χ0) is 17.9. The molecule has 6 nitrogen and oxygen atoms in total. The van der Waals surface area contributed by atoms with Crippen molar-refractivity contribution in [3.8, 4) is 0 Å². The second-order valence-corrected chi connectivity index (χ2v) is 4.83. The maximum atomic E-state index is 7.06. The van der Waals surface area contributed by atoms with Gasteiger partial charge >= 0.3 is 0 Å². The summed E-state index contributed by atoms with van der Waals surface area (Å²) in [7, 11) is 0. The first-order chi connectivity index (χ1) is 11.4. The molecule has 0 bridgehead atoms. The number of hydrogen-bond donors (Lipinski definition) is 2. The van der Waals surface area contributed by atoms with Gasteiger partial charge in [0.1, 0.15) is 0 Å². The van der Waals surface area contributed by atoms with Crippen LogP contribution in [0.5, 0.6) is 0 Å². The molecule has 0 atom stereocenters. The van der Waals surface area contributed by atoms with Gasteiger partial charge in [-0.3, -0.25) is 0 Å². The van der Waals surface area contributed by atoms with Crippen LogP contribution in [0.15, 0.2) is 72.8 Å². The van der Waals surface area contributed by atoms with Crippen molar-refractivity contribution < 1.29 is 65.4 Å². The molecule has 8 N–H and O–H groups in total. The van der Waals surface area contributed by atoms with E-state index >= 15 is 0 Å². The summed E-state index contributed by atoms with van der Waals surface area (Å²) in [6, 6.07) is 20.2. The molecule has 2 radical (unpaired) electrons. The number of anilines is 2. The van der Waals surface area contributed by atoms with Crippen molar-refractivity contribution in [2.45, 2.75) is 0 Å². The van der Waals surface area contributed by atoms with Crippen LogP contribution < -0.4 is 11.5 Å². The molecular weight excluding hydrogens is 478 g/mol. The fourth-order valence-corrected chi connectivity index (χ4v) is 1.60. The summed E-state index contributed by atoms with van der Waals surface area (Å²) < 4.78 is 0. The molecule has 8 heteroatoms. The number of benzene rings is 3. The standard InChI is InChI=1S/2C6H7N2.C6H6N2.2Y/c3*7-5-2-1-3-6(8)4-5;;/h2*1-4,7H,8H2;1-4,7-8H;;/q2*-1;-2;;. The zero-order valence-electron chi connectivity index (χ0n) is 14.2. The SMILES string of the molecule is [NH-]c1cccc(N)c1.[NH-]c1cccc(N)c1.[NH-]c1cccc([NH-])c1.[Y].[Y]. The van der Waals surface area contributed by atoms with Gasteiger partial charge in [-0.15, -0.1) is 22.7 Å². The fourth-order valence-electron chi connectivity index (χ4n) is 1.60. The smallest absolute Gasteiger partial charge is 0.0301 e. The van der Waals surface area contributed by atoms with Gasteiger partial charge in [0.15, 0.2) is 0 Å². The summed E-state index contributed by atoms with van der Waals surface area (Å²) in [6.45, 7) is 0. The van der Waals surface area contributed by atoms with Gasteiger partial charge in [-0.2, -0.15) is 0 Å². The average Bonchev–Trinajstić information content (AvgIpc) is 2.47. The Morgan fingerprint density at radius 1 is 0.462 bits per heavy atom. The number of rotatable bonds is 0. The molecule has 0 heterocycles. The topological polar surface area (TPSA) is 147 Å². The van der Waals surface area contributed by atoms with E-state index in [2.05, 4.69) is 0 Å². The van der Waals surface area contributed by atoms with Gasteiger partial charge in [-0.1, -0.05) is 60.7 Å². The molecule has 0 aliphatic heterocycles. The summed E-state index contributed by atoms with van der Waals surface area (Å²) in [5.41, 5.74) is 41.8. The van der Waals surface area contributed by atoms with Crippen LogP contribution in [0.25, 0.3) is 22.9 Å². The van der Waals surface area contributed by atoms with Crippen LogP contribution in [0.3, 0.4) is 0 Å². The quantitative estimate of drug-likeness (QED) is 0.323. The van der Waals surface area contributed by atoms with Crippen molar-refractivity contribution in [2.24, 2.45) is 0 Å². The summed E-state index contributed by atoms with van der Waals surface area (Å²) in [5, 5.41) is 0. The summed E-state index contributed by atoms with van der Waals surface area (Å²) in [6.07, 6.45) is 0. The molecule has 132 valence electrons. The number of nitrogens with one attached hydrogen (secondary N) is 4. The predicted molar refractivity (Wildman–Crippen MR) is 104 cm³/mol. The minimum absolute atomic E-state index is 0. The average molecular weight is 498 g/mol. The summed E-state index contributed by atoms with van der Waals surface area (Å²) >= 11 is 0. The van der Waals surface area contributed by atoms with E-state index in [9.17, 15) is 0 Å². The van der Waals surface area contributed by atoms with E-state index in [-0.39, 0.29) is 65.4 Å². The van der Waals surface area contributed by atoms with Gasteiger partial charge in [0.25, 0.3) is 0 Å². The van der Waals surface area contributed by atoms with Gasteiger partial charge in [0, 0.05) is 76.8 Å². The van der Waals surface area contributed by atoms with Gasteiger partial charge in [-0.25, -0.2) is 0 Å². The first-order valence-corrected chi connectivity index (χ1v) is 7.04. The van der Waals surface area contributed by atoms with E-state index in [1.54, 1.807) is 66.7 Å². The molecule has 0 unspecified atom stereocenters. The van der Waals surface area contributed by atoms with Crippen molar-refractivity contribution in [3.05, 3.63) is 95.7 Å². The second kappa shape index (κ2) is 14.8. The van der Waals surface area contributed by atoms with Crippen LogP contribution in [0.4, 0.5) is 34.1 Å². The molecule has 0 aliphatic carbocycles. The van der Waals surface area contributed by atoms with E-state index < -0.39 is 0 Å². The van der Waals surface area contributed by atoms with E-state index in [1.165, 1.54) is 6.07 Å². The Kier molecular flexibility index (Phi) is 15.3. The Hall–Kier alpha value is -1.33. The third kappa shape index (κ3) is 12.9. The Labute approximate surface area is 204 Å². The first-order valence-electron chi connectivity index (χ1n) is 7.04. The van der Waals surface area contributed by atoms with Crippen molar-refractivity contribution in [3.63, 3.8) is 0 Å². The van der Waals surface area contributed by atoms with Gasteiger partial charge in [0.05, 0.1) is 0 Å². The van der Waals surface area contributed by atoms with Crippen molar-refractivity contribution in [2.75, 3.05) is 11.5 Å². The molecule has 0 aromatic heterocycles. The van der Waals surface area contributed by atoms with Crippen molar-refractivity contribution in [1.29, 1.82) is 0 Å². The van der Waals surface area contributed by atoms with Crippen LogP contribution in [-0.2, 0) is 65.4 Å². The largest absolute Gasteiger partial charge is 0.699 e. The van der Waals surface area contributed by atoms with E-state index in [0.29, 0.717) is 34.1 Å². The van der Waals surface area contributed by atoms with Crippen LogP contribution in [0, 0.1) is 0 Å². The van der Waals surface area contributed by atoms with Crippen molar-refractivity contribution >= 4 is 34.1 Å². The first kappa shape index (κ1) is 26.9. The molecule has 0 aliphatic rings. The van der Waals surface area contributed by atoms with Crippen LogP contribution in [-0.4, -0.2) is 0 Å². The fraction of sp³-hybridized carbons (Fsp3) is 0. The molecular formula is C18H20N6Y2-4. The second-order valence-electron chi connectivity index (χ2n) is 4.83. The minimum Gasteiger partial charge on any atom is -0.699 e. The maximum Gasteiger partial charge on any atom is 0.0301 e. The van der Waals surface area contributed by atoms with Crippen LogP contribution in [0.2, 0.25) is 0 Å². The van der Waals surface area contributed by atoms with E-state index in [1.807, 2.05) is 0 Å². The van der Waals surface area contributed by atoms with E-state index in [0.717, 1.165) is 0 Å². The van der Waals surface area contributed by atoms with E-state index in [4.69, 9.17) is 34.4 Å². The normalized spacial score (nSPS) is 8.31. The number of nitrogens with two attached hydrogens (primary N) is 2. The van der Waals surface area contributed by atoms with Gasteiger partial charge < -0.3 is 34.4 Å². The predicted octanol–water partition coefficient (Wildman–Crippen LogP) is 6.95. The summed E-state index contributed by atoms with van der Waals surface area (Å²) in [4.78, 5) is 0. The number of hydrogen-bond acceptors (Lipinski definition) is 2. The minimum atomic E-state index is 0. The molecule has 0 fully saturated rings. The molecule has 0 saturated carbocycles. The molecule has 26 heavy (non-hydrogen) atoms. The third-order valence-corrected chi connectivity index (χ3v) is 2.64. The van der Waals surface area contributed by atoms with Crippen LogP contribution in [0.1, 0.15) is 0 Å². The Morgan fingerprint density at radius 2 is 0.731 bits per heavy atom. The maximum absolute atomic E-state index is 7.06. The molecule has 0 amide bonds. The number of nitrogen functional groups attached to an aromatic ring is 2. The molecule has 0 saturated heterocycles. The zero-order valence-corrected chi connectivity index (χ0v) is 19.9. The Bertz CT molecular complexity index is 613. The van der Waals surface area contributed by atoms with Gasteiger partial charge in [0.2, 0.25) is 0 Å². The molecule has 0 spiro atoms. The molecule has 3 aromatic carbocycles. The monoisotopic (exact) mass is 498 g/mol. The third-order valence-electron chi connectivity index (χ3n) is 2.64. The Balaban J connectivity index is 0. The molecule has 3 rings (SSSR count). The van der Waals surface area contributed by atoms with Gasteiger partial charge in [-0.05, 0) is 12.1 Å². The summed E-state index contributed by atoms with van der Waals surface area (Å²) in [5.74, 6) is 0. The Morgan fingerprint density at radius 3 is 0.885 bits per heavy atom.